The minimum atomic E-state index is -0.571. The van der Waals surface area contributed by atoms with Crippen molar-refractivity contribution < 1.29 is 14.3 Å². The number of primary amides is 1. The molecule has 0 bridgehead atoms. The topological polar surface area (TPSA) is 108 Å². The van der Waals surface area contributed by atoms with Gasteiger partial charge in [0.05, 0.1) is 24.6 Å². The normalized spacial score (nSPS) is 21.2. The van der Waals surface area contributed by atoms with Crippen molar-refractivity contribution in [3.63, 3.8) is 0 Å². The first kappa shape index (κ1) is 19.1. The van der Waals surface area contributed by atoms with E-state index in [9.17, 15) is 9.59 Å². The molecule has 0 radical (unpaired) electrons. The van der Waals surface area contributed by atoms with Crippen molar-refractivity contribution in [2.75, 3.05) is 19.7 Å². The van der Waals surface area contributed by atoms with Crippen LogP contribution in [-0.2, 0) is 15.3 Å². The highest BCUT2D eigenvalue weighted by Crippen LogP contribution is 2.31. The molecule has 134 valence electrons. The van der Waals surface area contributed by atoms with Crippen LogP contribution in [0.4, 0.5) is 4.79 Å². The predicted octanol–water partition coefficient (Wildman–Crippen LogP) is 1.30. The van der Waals surface area contributed by atoms with Gasteiger partial charge in [-0.15, -0.1) is 11.8 Å². The summed E-state index contributed by atoms with van der Waals surface area (Å²) in [5.74, 6) is -0.149. The number of urea groups is 1. The summed E-state index contributed by atoms with van der Waals surface area (Å²) < 4.78 is 5.84. The molecule has 3 amide bonds. The Labute approximate surface area is 151 Å². The molecule has 2 unspecified atom stereocenters. The number of nitriles is 1. The van der Waals surface area contributed by atoms with Crippen LogP contribution in [0.3, 0.4) is 0 Å². The van der Waals surface area contributed by atoms with Crippen molar-refractivity contribution in [2.24, 2.45) is 11.7 Å². The van der Waals surface area contributed by atoms with Gasteiger partial charge in [0.1, 0.15) is 12.0 Å². The number of morpholine rings is 1. The van der Waals surface area contributed by atoms with E-state index in [1.54, 1.807) is 6.92 Å². The number of carbonyl (C=O) groups excluding carboxylic acids is 2. The lowest BCUT2D eigenvalue weighted by atomic mass is 9.99. The fourth-order valence-electron chi connectivity index (χ4n) is 2.77. The number of thioether (sulfide) groups is 1. The molecule has 3 atom stereocenters. The van der Waals surface area contributed by atoms with Crippen LogP contribution in [0.15, 0.2) is 30.3 Å². The van der Waals surface area contributed by atoms with Crippen LogP contribution in [-0.4, -0.2) is 48.0 Å². The zero-order valence-corrected chi connectivity index (χ0v) is 14.9. The van der Waals surface area contributed by atoms with E-state index in [2.05, 4.69) is 5.32 Å². The van der Waals surface area contributed by atoms with Crippen LogP contribution >= 0.6 is 11.8 Å². The molecule has 0 aliphatic carbocycles. The highest BCUT2D eigenvalue weighted by molar-refractivity contribution is 7.99. The zero-order chi connectivity index (χ0) is 18.2. The van der Waals surface area contributed by atoms with E-state index in [0.29, 0.717) is 18.9 Å². The zero-order valence-electron chi connectivity index (χ0n) is 14.1. The van der Waals surface area contributed by atoms with Crippen LogP contribution in [0.5, 0.6) is 0 Å². The molecule has 3 N–H and O–H groups in total. The van der Waals surface area contributed by atoms with Crippen LogP contribution in [0.1, 0.15) is 12.5 Å². The molecule has 7 nitrogen and oxygen atoms in total. The summed E-state index contributed by atoms with van der Waals surface area (Å²) in [6, 6.07) is 10.7. The average Bonchev–Trinajstić information content (AvgIpc) is 2.64. The van der Waals surface area contributed by atoms with E-state index in [1.165, 1.54) is 16.7 Å². The Balaban J connectivity index is 2.12. The van der Waals surface area contributed by atoms with Gasteiger partial charge in [0.15, 0.2) is 0 Å². The Kier molecular flexibility index (Phi) is 7.10. The number of hydrogen-bond donors (Lipinski definition) is 2. The first-order valence-corrected chi connectivity index (χ1v) is 9.07. The number of benzene rings is 1. The first-order valence-electron chi connectivity index (χ1n) is 8.02. The summed E-state index contributed by atoms with van der Waals surface area (Å²) in [6.45, 7) is 2.36. The molecule has 8 heteroatoms. The molecule has 1 aliphatic heterocycles. The maximum atomic E-state index is 12.3. The fraction of sp³-hybridized carbons (Fsp3) is 0.471. The molecule has 2 rings (SSSR count). The van der Waals surface area contributed by atoms with E-state index in [1.807, 2.05) is 36.4 Å². The second-order valence-electron chi connectivity index (χ2n) is 5.72. The molecular formula is C17H22N4O3S. The molecule has 1 aliphatic rings. The van der Waals surface area contributed by atoms with E-state index in [0.717, 1.165) is 5.56 Å². The van der Waals surface area contributed by atoms with Crippen molar-refractivity contribution in [3.05, 3.63) is 35.9 Å². The minimum absolute atomic E-state index is 0.0743. The molecule has 1 fully saturated rings. The third-order valence-electron chi connectivity index (χ3n) is 4.06. The number of carbonyl (C=O) groups is 2. The Hall–Kier alpha value is -2.24. The molecular weight excluding hydrogens is 340 g/mol. The van der Waals surface area contributed by atoms with Gasteiger partial charge in [-0.25, -0.2) is 4.79 Å². The van der Waals surface area contributed by atoms with Gasteiger partial charge in [-0.2, -0.15) is 5.26 Å². The Morgan fingerprint density at radius 1 is 1.48 bits per heavy atom. The predicted molar refractivity (Wildman–Crippen MR) is 95.3 cm³/mol. The molecule has 1 heterocycles. The number of rotatable bonds is 6. The van der Waals surface area contributed by atoms with Crippen molar-refractivity contribution in [3.8, 4) is 6.07 Å². The van der Waals surface area contributed by atoms with Gasteiger partial charge in [0.2, 0.25) is 5.91 Å². The quantitative estimate of drug-likeness (QED) is 0.742. The summed E-state index contributed by atoms with van der Waals surface area (Å²) >= 11 is 1.53. The van der Waals surface area contributed by atoms with E-state index >= 15 is 0 Å². The van der Waals surface area contributed by atoms with Gasteiger partial charge in [-0.1, -0.05) is 37.3 Å². The maximum absolute atomic E-state index is 12.3. The largest absolute Gasteiger partial charge is 0.364 e. The fourth-order valence-corrected chi connectivity index (χ4v) is 4.09. The summed E-state index contributed by atoms with van der Waals surface area (Å²) in [7, 11) is 0. The van der Waals surface area contributed by atoms with Crippen molar-refractivity contribution in [1.29, 1.82) is 5.26 Å². The van der Waals surface area contributed by atoms with Gasteiger partial charge < -0.3 is 20.7 Å². The van der Waals surface area contributed by atoms with Crippen LogP contribution in [0, 0.1) is 17.2 Å². The molecule has 25 heavy (non-hydrogen) atoms. The summed E-state index contributed by atoms with van der Waals surface area (Å²) in [5.41, 5.74) is 6.26. The Morgan fingerprint density at radius 3 is 2.84 bits per heavy atom. The van der Waals surface area contributed by atoms with Crippen molar-refractivity contribution in [2.45, 2.75) is 24.2 Å². The van der Waals surface area contributed by atoms with Crippen LogP contribution in [0.2, 0.25) is 0 Å². The van der Waals surface area contributed by atoms with Gasteiger partial charge in [-0.3, -0.25) is 4.79 Å². The molecule has 0 spiro atoms. The molecule has 0 saturated carbocycles. The highest BCUT2D eigenvalue weighted by Gasteiger charge is 2.41. The second-order valence-corrected chi connectivity index (χ2v) is 6.81. The monoisotopic (exact) mass is 362 g/mol. The smallest absolute Gasteiger partial charge is 0.315 e. The van der Waals surface area contributed by atoms with Gasteiger partial charge in [0, 0.05) is 12.3 Å². The number of hydrogen-bond acceptors (Lipinski definition) is 5. The Bertz CT molecular complexity index is 635. The van der Waals surface area contributed by atoms with Crippen LogP contribution < -0.4 is 11.1 Å². The van der Waals surface area contributed by atoms with Crippen molar-refractivity contribution >= 4 is 23.7 Å². The first-order chi connectivity index (χ1) is 12.0. The summed E-state index contributed by atoms with van der Waals surface area (Å²) in [5, 5.41) is 11.2. The summed E-state index contributed by atoms with van der Waals surface area (Å²) in [4.78, 5) is 25.6. The lowest BCUT2D eigenvalue weighted by Gasteiger charge is -2.42. The maximum Gasteiger partial charge on any atom is 0.315 e. The van der Waals surface area contributed by atoms with E-state index < -0.39 is 18.0 Å². The second kappa shape index (κ2) is 9.30. The minimum Gasteiger partial charge on any atom is -0.364 e. The number of ether oxygens (including phenoxy) is 1. The third kappa shape index (κ3) is 5.11. The Morgan fingerprint density at radius 2 is 2.20 bits per heavy atom. The standard InChI is InChI=1S/C17H22N4O3S/c1-12(15(22)20-8-7-18)14-16(24-10-9-21(14)17(19)23)25-11-13-5-3-2-4-6-13/h2-6,12,14,16H,8-11H2,1H3,(H2,19,23)(H,20,22)/t12?,14-,16?/m1/s1. The SMILES string of the molecule is CC(C(=O)NCC#N)[C@@H]1C(SCc2ccccc2)OCCN1C(N)=O. The molecule has 0 aromatic heterocycles. The number of nitrogens with two attached hydrogens (primary N) is 1. The van der Waals surface area contributed by atoms with Crippen molar-refractivity contribution in [1.82, 2.24) is 10.2 Å². The van der Waals surface area contributed by atoms with E-state index in [4.69, 9.17) is 15.7 Å². The molecule has 1 saturated heterocycles. The van der Waals surface area contributed by atoms with E-state index in [-0.39, 0.29) is 17.9 Å². The van der Waals surface area contributed by atoms with Gasteiger partial charge in [-0.05, 0) is 5.56 Å². The average molecular weight is 362 g/mol. The lowest BCUT2D eigenvalue weighted by Crippen LogP contribution is -2.59. The van der Waals surface area contributed by atoms with Crippen LogP contribution in [0.25, 0.3) is 0 Å². The van der Waals surface area contributed by atoms with Gasteiger partial charge in [0.25, 0.3) is 0 Å². The van der Waals surface area contributed by atoms with Gasteiger partial charge >= 0.3 is 6.03 Å². The highest BCUT2D eigenvalue weighted by atomic mass is 32.2. The third-order valence-corrected chi connectivity index (χ3v) is 5.30. The molecule has 1 aromatic carbocycles. The number of nitrogens with zero attached hydrogens (tertiary/aromatic N) is 2. The summed E-state index contributed by atoms with van der Waals surface area (Å²) in [6.07, 6.45) is 0. The lowest BCUT2D eigenvalue weighted by molar-refractivity contribution is -0.129. The molecule has 1 aromatic rings. The number of amides is 3. The number of nitrogens with one attached hydrogen (secondary N) is 1.